The summed E-state index contributed by atoms with van der Waals surface area (Å²) in [4.78, 5) is 23.2. The third kappa shape index (κ3) is 3.37. The molecule has 1 N–H and O–H groups in total. The number of carbonyl (C=O) groups excluding carboxylic acids is 1. The molecular weight excluding hydrogens is 302 g/mol. The third-order valence-electron chi connectivity index (χ3n) is 3.73. The molecule has 4 nitrogen and oxygen atoms in total. The van der Waals surface area contributed by atoms with Crippen molar-refractivity contribution in [2.75, 3.05) is 12.3 Å². The molecule has 6 heteroatoms. The smallest absolute Gasteiger partial charge is 0.230 e. The van der Waals surface area contributed by atoms with Gasteiger partial charge in [-0.25, -0.2) is 9.97 Å². The van der Waals surface area contributed by atoms with Crippen LogP contribution in [-0.2, 0) is 4.79 Å². The minimum absolute atomic E-state index is 0.0981. The summed E-state index contributed by atoms with van der Waals surface area (Å²) >= 11 is 3.21. The molecule has 21 heavy (non-hydrogen) atoms. The van der Waals surface area contributed by atoms with Crippen molar-refractivity contribution in [2.24, 2.45) is 5.92 Å². The highest BCUT2D eigenvalue weighted by atomic mass is 32.2. The topological polar surface area (TPSA) is 54.9 Å². The number of aromatic nitrogens is 2. The molecule has 2 aromatic heterocycles. The van der Waals surface area contributed by atoms with Crippen LogP contribution in [0.5, 0.6) is 0 Å². The Bertz CT molecular complexity index is 692. The highest BCUT2D eigenvalue weighted by Gasteiger charge is 2.21. The molecule has 1 aliphatic rings. The summed E-state index contributed by atoms with van der Waals surface area (Å²) in [5.41, 5.74) is 1.23. The molecule has 2 heterocycles. The Labute approximate surface area is 132 Å². The molecule has 0 radical (unpaired) electrons. The van der Waals surface area contributed by atoms with Gasteiger partial charge in [-0.15, -0.1) is 11.3 Å². The molecule has 3 rings (SSSR count). The van der Waals surface area contributed by atoms with E-state index in [0.29, 0.717) is 11.7 Å². The van der Waals surface area contributed by atoms with E-state index in [1.807, 2.05) is 6.92 Å². The molecule has 1 saturated carbocycles. The van der Waals surface area contributed by atoms with Crippen molar-refractivity contribution in [3.63, 3.8) is 0 Å². The second-order valence-electron chi connectivity index (χ2n) is 5.58. The molecule has 0 saturated heterocycles. The van der Waals surface area contributed by atoms with Gasteiger partial charge in [-0.05, 0) is 45.1 Å². The first-order chi connectivity index (χ1) is 10.0. The number of thiophene rings is 1. The summed E-state index contributed by atoms with van der Waals surface area (Å²) in [6.45, 7) is 6.94. The quantitative estimate of drug-likeness (QED) is 0.678. The van der Waals surface area contributed by atoms with Crippen molar-refractivity contribution >= 4 is 39.2 Å². The van der Waals surface area contributed by atoms with Crippen LogP contribution in [-0.4, -0.2) is 28.2 Å². The minimum atomic E-state index is 0.0981. The summed E-state index contributed by atoms with van der Waals surface area (Å²) in [6, 6.07) is 0. The van der Waals surface area contributed by atoms with Gasteiger partial charge in [0.1, 0.15) is 15.7 Å². The van der Waals surface area contributed by atoms with Gasteiger partial charge in [0.15, 0.2) is 0 Å². The Morgan fingerprint density at radius 3 is 2.81 bits per heavy atom. The lowest BCUT2D eigenvalue weighted by atomic mass is 10.2. The number of nitrogens with zero attached hydrogens (tertiary/aromatic N) is 2. The average molecular weight is 321 g/mol. The van der Waals surface area contributed by atoms with Crippen molar-refractivity contribution in [1.82, 2.24) is 15.3 Å². The predicted octanol–water partition coefficient (Wildman–Crippen LogP) is 3.23. The van der Waals surface area contributed by atoms with Crippen LogP contribution in [0.3, 0.4) is 0 Å². The molecular formula is C15H19N3OS2. The van der Waals surface area contributed by atoms with Gasteiger partial charge in [-0.3, -0.25) is 4.79 Å². The number of aryl methyl sites for hydroxylation is 3. The second kappa shape index (κ2) is 5.93. The van der Waals surface area contributed by atoms with E-state index in [4.69, 9.17) is 0 Å². The van der Waals surface area contributed by atoms with E-state index in [1.165, 1.54) is 35.0 Å². The summed E-state index contributed by atoms with van der Waals surface area (Å²) in [5.74, 6) is 2.01. The Hall–Kier alpha value is -1.14. The van der Waals surface area contributed by atoms with Crippen LogP contribution in [0.25, 0.3) is 10.2 Å². The first kappa shape index (κ1) is 14.8. The van der Waals surface area contributed by atoms with Gasteiger partial charge in [0, 0.05) is 16.8 Å². The lowest BCUT2D eigenvalue weighted by Gasteiger charge is -2.06. The monoisotopic (exact) mass is 321 g/mol. The molecule has 1 fully saturated rings. The van der Waals surface area contributed by atoms with E-state index >= 15 is 0 Å². The molecule has 1 amide bonds. The van der Waals surface area contributed by atoms with Crippen molar-refractivity contribution in [3.8, 4) is 0 Å². The molecule has 0 bridgehead atoms. The fraction of sp³-hybridized carbons (Fsp3) is 0.533. The average Bonchev–Trinajstić information content (AvgIpc) is 3.21. The molecule has 0 unspecified atom stereocenters. The summed E-state index contributed by atoms with van der Waals surface area (Å²) in [6.07, 6.45) is 2.51. The predicted molar refractivity (Wildman–Crippen MR) is 88.1 cm³/mol. The van der Waals surface area contributed by atoms with Crippen molar-refractivity contribution in [1.29, 1.82) is 0 Å². The van der Waals surface area contributed by atoms with E-state index in [0.717, 1.165) is 27.6 Å². The van der Waals surface area contributed by atoms with Crippen LogP contribution in [0, 0.1) is 26.7 Å². The molecule has 112 valence electrons. The Morgan fingerprint density at radius 1 is 1.33 bits per heavy atom. The number of amides is 1. The molecule has 2 aromatic rings. The molecule has 1 aliphatic carbocycles. The zero-order valence-corrected chi connectivity index (χ0v) is 14.2. The summed E-state index contributed by atoms with van der Waals surface area (Å²) in [5, 5.41) is 5.04. The van der Waals surface area contributed by atoms with Gasteiger partial charge >= 0.3 is 0 Å². The number of hydrogen-bond acceptors (Lipinski definition) is 5. The first-order valence-corrected chi connectivity index (χ1v) is 8.98. The van der Waals surface area contributed by atoms with Crippen molar-refractivity contribution in [2.45, 2.75) is 38.6 Å². The van der Waals surface area contributed by atoms with E-state index in [1.54, 1.807) is 11.3 Å². The van der Waals surface area contributed by atoms with Crippen LogP contribution in [0.1, 0.15) is 29.1 Å². The lowest BCUT2D eigenvalue weighted by molar-refractivity contribution is -0.118. The van der Waals surface area contributed by atoms with E-state index in [-0.39, 0.29) is 5.91 Å². The normalized spacial score (nSPS) is 14.6. The van der Waals surface area contributed by atoms with Gasteiger partial charge < -0.3 is 5.32 Å². The van der Waals surface area contributed by atoms with Crippen molar-refractivity contribution in [3.05, 3.63) is 16.3 Å². The maximum atomic E-state index is 11.9. The van der Waals surface area contributed by atoms with E-state index < -0.39 is 0 Å². The standard InChI is InChI=1S/C15H19N3OS2/c1-8-9(2)21-15-13(8)14(17-10(3)18-15)20-7-12(19)16-6-11-4-5-11/h11H,4-7H2,1-3H3,(H,16,19). The Balaban J connectivity index is 1.74. The number of rotatable bonds is 5. The fourth-order valence-corrected chi connectivity index (χ4v) is 4.28. The molecule has 0 atom stereocenters. The maximum absolute atomic E-state index is 11.9. The summed E-state index contributed by atoms with van der Waals surface area (Å²) < 4.78 is 0. The Morgan fingerprint density at radius 2 is 2.10 bits per heavy atom. The van der Waals surface area contributed by atoms with Crippen LogP contribution in [0.4, 0.5) is 0 Å². The second-order valence-corrected chi connectivity index (χ2v) is 7.74. The van der Waals surface area contributed by atoms with E-state index in [9.17, 15) is 4.79 Å². The lowest BCUT2D eigenvalue weighted by Crippen LogP contribution is -2.27. The van der Waals surface area contributed by atoms with Crippen LogP contribution in [0.2, 0.25) is 0 Å². The largest absolute Gasteiger partial charge is 0.355 e. The zero-order chi connectivity index (χ0) is 15.0. The summed E-state index contributed by atoms with van der Waals surface area (Å²) in [7, 11) is 0. The number of carbonyl (C=O) groups is 1. The van der Waals surface area contributed by atoms with Gasteiger partial charge in [0.25, 0.3) is 0 Å². The maximum Gasteiger partial charge on any atom is 0.230 e. The zero-order valence-electron chi connectivity index (χ0n) is 12.5. The highest BCUT2D eigenvalue weighted by molar-refractivity contribution is 8.00. The number of nitrogens with one attached hydrogen (secondary N) is 1. The molecule has 0 spiro atoms. The van der Waals surface area contributed by atoms with Gasteiger partial charge in [-0.1, -0.05) is 11.8 Å². The van der Waals surface area contributed by atoms with Crippen LogP contribution < -0.4 is 5.32 Å². The highest BCUT2D eigenvalue weighted by Crippen LogP contribution is 2.35. The molecule has 0 aliphatic heterocycles. The number of fused-ring (bicyclic) bond motifs is 1. The first-order valence-electron chi connectivity index (χ1n) is 7.18. The minimum Gasteiger partial charge on any atom is -0.355 e. The fourth-order valence-electron chi connectivity index (χ4n) is 2.18. The number of thioether (sulfide) groups is 1. The number of hydrogen-bond donors (Lipinski definition) is 1. The van der Waals surface area contributed by atoms with E-state index in [2.05, 4.69) is 29.1 Å². The SMILES string of the molecule is Cc1nc(SCC(=O)NCC2CC2)c2c(C)c(C)sc2n1. The van der Waals surface area contributed by atoms with Gasteiger partial charge in [0.2, 0.25) is 5.91 Å². The molecule has 0 aromatic carbocycles. The van der Waals surface area contributed by atoms with Gasteiger partial charge in [0.05, 0.1) is 5.75 Å². The van der Waals surface area contributed by atoms with Crippen LogP contribution >= 0.6 is 23.1 Å². The van der Waals surface area contributed by atoms with Crippen LogP contribution in [0.15, 0.2) is 5.03 Å². The van der Waals surface area contributed by atoms with Gasteiger partial charge in [-0.2, -0.15) is 0 Å². The Kier molecular flexibility index (Phi) is 4.17. The van der Waals surface area contributed by atoms with Crippen molar-refractivity contribution < 1.29 is 4.79 Å². The third-order valence-corrected chi connectivity index (χ3v) is 5.81.